The van der Waals surface area contributed by atoms with Crippen LogP contribution in [0.1, 0.15) is 22.5 Å². The molecule has 0 saturated carbocycles. The number of halogens is 1. The van der Waals surface area contributed by atoms with Gasteiger partial charge in [-0.25, -0.2) is 13.9 Å². The number of hydrogen-bond acceptors (Lipinski definition) is 5. The molecule has 1 aliphatic rings. The van der Waals surface area contributed by atoms with Crippen molar-refractivity contribution in [2.75, 3.05) is 36.9 Å². The summed E-state index contributed by atoms with van der Waals surface area (Å²) in [5.41, 5.74) is 10.8. The molecule has 1 aliphatic heterocycles. The number of nitrogens with zero attached hydrogens (tertiary/aromatic N) is 4. The van der Waals surface area contributed by atoms with Crippen molar-refractivity contribution in [2.45, 2.75) is 20.3 Å². The van der Waals surface area contributed by atoms with Crippen molar-refractivity contribution in [3.05, 3.63) is 52.6 Å². The molecule has 0 bridgehead atoms. The molecule has 2 N–H and O–H groups in total. The lowest BCUT2D eigenvalue weighted by Gasteiger charge is -2.27. The average Bonchev–Trinajstić information content (AvgIpc) is 2.96. The summed E-state index contributed by atoms with van der Waals surface area (Å²) in [5.74, 6) is 0.614. The Bertz CT molecular complexity index is 962. The van der Waals surface area contributed by atoms with Gasteiger partial charge in [0, 0.05) is 25.6 Å². The van der Waals surface area contributed by atoms with Crippen LogP contribution in [0.3, 0.4) is 0 Å². The van der Waals surface area contributed by atoms with Gasteiger partial charge in [-0.3, -0.25) is 0 Å². The van der Waals surface area contributed by atoms with Crippen molar-refractivity contribution in [1.29, 1.82) is 0 Å². The lowest BCUT2D eigenvalue weighted by molar-refractivity contribution is 0.122. The van der Waals surface area contributed by atoms with E-state index >= 15 is 0 Å². The van der Waals surface area contributed by atoms with E-state index in [0.29, 0.717) is 36.5 Å². The van der Waals surface area contributed by atoms with Crippen molar-refractivity contribution >= 4 is 17.2 Å². The summed E-state index contributed by atoms with van der Waals surface area (Å²) in [4.78, 5) is 6.74. The minimum Gasteiger partial charge on any atom is -0.396 e. The number of anilines is 2. The van der Waals surface area contributed by atoms with Crippen LogP contribution < -0.4 is 10.6 Å². The van der Waals surface area contributed by atoms with Crippen LogP contribution in [0, 0.1) is 19.7 Å². The fourth-order valence-corrected chi connectivity index (χ4v) is 3.36. The van der Waals surface area contributed by atoms with Gasteiger partial charge in [-0.1, -0.05) is 12.1 Å². The first-order chi connectivity index (χ1) is 12.5. The predicted molar refractivity (Wildman–Crippen MR) is 99.1 cm³/mol. The molecule has 0 amide bonds. The number of imidazole rings is 1. The summed E-state index contributed by atoms with van der Waals surface area (Å²) < 4.78 is 21.1. The number of morpholine rings is 1. The third kappa shape index (κ3) is 2.88. The highest BCUT2D eigenvalue weighted by Crippen LogP contribution is 2.25. The van der Waals surface area contributed by atoms with Gasteiger partial charge in [0.05, 0.1) is 30.3 Å². The first-order valence-electron chi connectivity index (χ1n) is 8.76. The van der Waals surface area contributed by atoms with Gasteiger partial charge in [0.2, 0.25) is 0 Å². The lowest BCUT2D eigenvalue weighted by atomic mass is 10.0. The first kappa shape index (κ1) is 16.8. The van der Waals surface area contributed by atoms with E-state index in [9.17, 15) is 4.39 Å². The van der Waals surface area contributed by atoms with Crippen LogP contribution in [0.15, 0.2) is 24.3 Å². The first-order valence-corrected chi connectivity index (χ1v) is 8.76. The molecule has 3 aromatic rings. The molecule has 7 heteroatoms. The summed E-state index contributed by atoms with van der Waals surface area (Å²) in [6, 6.07) is 7.01. The maximum atomic E-state index is 13.9. The SMILES string of the molecule is Cc1nc2c(N)cc(N3CCOCC3)nn2c1Cc1cccc(F)c1C. The summed E-state index contributed by atoms with van der Waals surface area (Å²) in [6.07, 6.45) is 0.551. The number of nitrogen functional groups attached to an aromatic ring is 1. The van der Waals surface area contributed by atoms with Crippen molar-refractivity contribution in [3.63, 3.8) is 0 Å². The Kier molecular flexibility index (Phi) is 4.24. The number of hydrogen-bond donors (Lipinski definition) is 1. The van der Waals surface area contributed by atoms with Gasteiger partial charge in [-0.15, -0.1) is 5.10 Å². The normalized spacial score (nSPS) is 15.0. The molecule has 3 heterocycles. The van der Waals surface area contributed by atoms with E-state index in [2.05, 4.69) is 9.88 Å². The molecule has 2 aromatic heterocycles. The van der Waals surface area contributed by atoms with Gasteiger partial charge >= 0.3 is 0 Å². The topological polar surface area (TPSA) is 68.7 Å². The number of aryl methyl sites for hydroxylation is 1. The van der Waals surface area contributed by atoms with Gasteiger partial charge in [0.25, 0.3) is 0 Å². The van der Waals surface area contributed by atoms with Gasteiger partial charge in [-0.05, 0) is 31.0 Å². The fourth-order valence-electron chi connectivity index (χ4n) is 3.36. The number of rotatable bonds is 3. The zero-order valence-corrected chi connectivity index (χ0v) is 15.0. The number of aromatic nitrogens is 3. The second-order valence-corrected chi connectivity index (χ2v) is 6.64. The van der Waals surface area contributed by atoms with E-state index in [1.807, 2.05) is 19.1 Å². The van der Waals surface area contributed by atoms with Crippen molar-refractivity contribution in [3.8, 4) is 0 Å². The Morgan fingerprint density at radius 3 is 2.77 bits per heavy atom. The Hall–Kier alpha value is -2.67. The molecule has 0 radical (unpaired) electrons. The summed E-state index contributed by atoms with van der Waals surface area (Å²) in [5, 5.41) is 4.78. The number of fused-ring (bicyclic) bond motifs is 1. The number of benzene rings is 1. The molecule has 26 heavy (non-hydrogen) atoms. The molecule has 0 spiro atoms. The Morgan fingerprint density at radius 1 is 1.23 bits per heavy atom. The van der Waals surface area contributed by atoms with Gasteiger partial charge in [-0.2, -0.15) is 0 Å². The molecule has 136 valence electrons. The third-order valence-corrected chi connectivity index (χ3v) is 4.97. The van der Waals surface area contributed by atoms with Gasteiger partial charge in [0.15, 0.2) is 11.5 Å². The minimum absolute atomic E-state index is 0.199. The zero-order chi connectivity index (χ0) is 18.3. The van der Waals surface area contributed by atoms with E-state index in [-0.39, 0.29) is 5.82 Å². The highest BCUT2D eigenvalue weighted by atomic mass is 19.1. The van der Waals surface area contributed by atoms with E-state index in [1.54, 1.807) is 17.5 Å². The quantitative estimate of drug-likeness (QED) is 0.782. The Morgan fingerprint density at radius 2 is 2.00 bits per heavy atom. The smallest absolute Gasteiger partial charge is 0.177 e. The van der Waals surface area contributed by atoms with Gasteiger partial charge < -0.3 is 15.4 Å². The predicted octanol–water partition coefficient (Wildman–Crippen LogP) is 2.49. The summed E-state index contributed by atoms with van der Waals surface area (Å²) in [6.45, 7) is 6.65. The second kappa shape index (κ2) is 6.57. The molecule has 0 aliphatic carbocycles. The Labute approximate surface area is 151 Å². The van der Waals surface area contributed by atoms with E-state index in [1.165, 1.54) is 6.07 Å². The van der Waals surface area contributed by atoms with E-state index in [4.69, 9.17) is 15.6 Å². The minimum atomic E-state index is -0.199. The molecule has 1 saturated heterocycles. The van der Waals surface area contributed by atoms with Crippen LogP contribution in [0.4, 0.5) is 15.9 Å². The maximum Gasteiger partial charge on any atom is 0.177 e. The monoisotopic (exact) mass is 355 g/mol. The fraction of sp³-hybridized carbons (Fsp3) is 0.368. The third-order valence-electron chi connectivity index (χ3n) is 4.97. The van der Waals surface area contributed by atoms with Crippen LogP contribution in [0.2, 0.25) is 0 Å². The van der Waals surface area contributed by atoms with Crippen LogP contribution >= 0.6 is 0 Å². The van der Waals surface area contributed by atoms with Crippen LogP contribution in [-0.4, -0.2) is 40.9 Å². The average molecular weight is 355 g/mol. The van der Waals surface area contributed by atoms with E-state index < -0.39 is 0 Å². The summed E-state index contributed by atoms with van der Waals surface area (Å²) in [7, 11) is 0. The van der Waals surface area contributed by atoms with Gasteiger partial charge in [0.1, 0.15) is 5.82 Å². The molecule has 6 nitrogen and oxygen atoms in total. The van der Waals surface area contributed by atoms with Crippen molar-refractivity contribution in [1.82, 2.24) is 14.6 Å². The van der Waals surface area contributed by atoms with Crippen molar-refractivity contribution < 1.29 is 9.13 Å². The second-order valence-electron chi connectivity index (χ2n) is 6.64. The molecular weight excluding hydrogens is 333 g/mol. The molecular formula is C19H22FN5O. The van der Waals surface area contributed by atoms with Crippen LogP contribution in [0.25, 0.3) is 5.65 Å². The molecule has 4 rings (SSSR count). The molecule has 0 unspecified atom stereocenters. The highest BCUT2D eigenvalue weighted by molar-refractivity contribution is 5.69. The highest BCUT2D eigenvalue weighted by Gasteiger charge is 2.19. The molecule has 0 atom stereocenters. The standard InChI is InChI=1S/C19H22FN5O/c1-12-14(4-3-5-15(12)20)10-17-13(2)22-19-16(21)11-18(23-25(17)19)24-6-8-26-9-7-24/h3-5,11H,6-10,21H2,1-2H3. The van der Waals surface area contributed by atoms with Crippen LogP contribution in [0.5, 0.6) is 0 Å². The van der Waals surface area contributed by atoms with Crippen molar-refractivity contribution in [2.24, 2.45) is 0 Å². The Balaban J connectivity index is 1.80. The zero-order valence-electron chi connectivity index (χ0n) is 15.0. The summed E-state index contributed by atoms with van der Waals surface area (Å²) >= 11 is 0. The maximum absolute atomic E-state index is 13.9. The molecule has 1 fully saturated rings. The number of nitrogens with two attached hydrogens (primary N) is 1. The molecule has 1 aromatic carbocycles. The van der Waals surface area contributed by atoms with E-state index in [0.717, 1.165) is 35.9 Å². The van der Waals surface area contributed by atoms with Crippen LogP contribution in [-0.2, 0) is 11.2 Å². The largest absolute Gasteiger partial charge is 0.396 e. The number of ether oxygens (including phenoxy) is 1. The lowest BCUT2D eigenvalue weighted by Crippen LogP contribution is -2.37.